The van der Waals surface area contributed by atoms with Gasteiger partial charge in [-0.3, -0.25) is 4.90 Å². The Bertz CT molecular complexity index is 489. The van der Waals surface area contributed by atoms with Crippen molar-refractivity contribution in [3.05, 3.63) is 23.9 Å². The molecule has 7 heteroatoms. The summed E-state index contributed by atoms with van der Waals surface area (Å²) in [6.45, 7) is 5.79. The summed E-state index contributed by atoms with van der Waals surface area (Å²) in [6.07, 6.45) is 2.71. The number of carbonyl (C=O) groups excluding carboxylic acids is 1. The smallest absolute Gasteiger partial charge is 0.315 e. The van der Waals surface area contributed by atoms with Crippen LogP contribution in [0.2, 0.25) is 0 Å². The van der Waals surface area contributed by atoms with Gasteiger partial charge in [-0.15, -0.1) is 0 Å². The number of nitrogens with zero attached hydrogens (tertiary/aromatic N) is 3. The van der Waals surface area contributed by atoms with Crippen LogP contribution in [0.5, 0.6) is 0 Å². The Morgan fingerprint density at radius 1 is 1.35 bits per heavy atom. The highest BCUT2D eigenvalue weighted by atomic mass is 16.5. The van der Waals surface area contributed by atoms with E-state index in [0.29, 0.717) is 13.1 Å². The van der Waals surface area contributed by atoms with Crippen LogP contribution in [-0.4, -0.2) is 69.4 Å². The first-order chi connectivity index (χ1) is 11.1. The zero-order valence-corrected chi connectivity index (χ0v) is 14.0. The minimum absolute atomic E-state index is 0.129. The lowest BCUT2D eigenvalue weighted by Gasteiger charge is -2.26. The average Bonchev–Trinajstić information content (AvgIpc) is 2.58. The molecule has 1 aromatic heterocycles. The van der Waals surface area contributed by atoms with Crippen molar-refractivity contribution in [3.63, 3.8) is 0 Å². The number of anilines is 1. The minimum Gasteiger partial charge on any atom is -0.379 e. The van der Waals surface area contributed by atoms with Crippen molar-refractivity contribution in [2.45, 2.75) is 13.0 Å². The highest BCUT2D eigenvalue weighted by molar-refractivity contribution is 5.73. The molecule has 1 aromatic rings. The molecule has 0 saturated carbocycles. The number of hydrogen-bond acceptors (Lipinski definition) is 5. The molecule has 0 aliphatic carbocycles. The van der Waals surface area contributed by atoms with Crippen molar-refractivity contribution in [3.8, 4) is 0 Å². The monoisotopic (exact) mass is 321 g/mol. The Morgan fingerprint density at radius 3 is 2.87 bits per heavy atom. The number of amides is 2. The van der Waals surface area contributed by atoms with E-state index in [9.17, 15) is 4.79 Å². The maximum Gasteiger partial charge on any atom is 0.315 e. The van der Waals surface area contributed by atoms with Gasteiger partial charge in [0, 0.05) is 46.5 Å². The fourth-order valence-electron chi connectivity index (χ4n) is 2.39. The van der Waals surface area contributed by atoms with Crippen molar-refractivity contribution in [1.82, 2.24) is 20.5 Å². The molecule has 1 aliphatic rings. The summed E-state index contributed by atoms with van der Waals surface area (Å²) in [5.74, 6) is 0.884. The number of rotatable bonds is 7. The van der Waals surface area contributed by atoms with Crippen LogP contribution in [0.4, 0.5) is 10.6 Å². The summed E-state index contributed by atoms with van der Waals surface area (Å²) in [5.41, 5.74) is 1.03. The van der Waals surface area contributed by atoms with Gasteiger partial charge in [0.1, 0.15) is 5.82 Å². The van der Waals surface area contributed by atoms with E-state index >= 15 is 0 Å². The van der Waals surface area contributed by atoms with Crippen molar-refractivity contribution in [2.75, 3.05) is 58.4 Å². The van der Waals surface area contributed by atoms with Gasteiger partial charge < -0.3 is 20.3 Å². The Kier molecular flexibility index (Phi) is 7.09. The van der Waals surface area contributed by atoms with E-state index in [1.54, 1.807) is 6.20 Å². The second kappa shape index (κ2) is 9.32. The normalized spacial score (nSPS) is 15.2. The quantitative estimate of drug-likeness (QED) is 0.723. The van der Waals surface area contributed by atoms with Crippen LogP contribution in [0.25, 0.3) is 0 Å². The Labute approximate surface area is 138 Å². The molecule has 0 atom stereocenters. The second-order valence-corrected chi connectivity index (χ2v) is 5.83. The second-order valence-electron chi connectivity index (χ2n) is 5.83. The zero-order chi connectivity index (χ0) is 16.5. The third kappa shape index (κ3) is 6.42. The van der Waals surface area contributed by atoms with Gasteiger partial charge in [0.15, 0.2) is 0 Å². The molecule has 0 radical (unpaired) electrons. The van der Waals surface area contributed by atoms with Gasteiger partial charge in [-0.25, -0.2) is 9.78 Å². The molecular weight excluding hydrogens is 294 g/mol. The lowest BCUT2D eigenvalue weighted by molar-refractivity contribution is 0.0375. The van der Waals surface area contributed by atoms with E-state index in [4.69, 9.17) is 4.74 Å². The number of nitrogens with one attached hydrogen (secondary N) is 2. The van der Waals surface area contributed by atoms with Crippen LogP contribution >= 0.6 is 0 Å². The number of ether oxygens (including phenoxy) is 1. The fraction of sp³-hybridized carbons (Fsp3) is 0.625. The van der Waals surface area contributed by atoms with E-state index in [1.165, 1.54) is 0 Å². The predicted molar refractivity (Wildman–Crippen MR) is 90.7 cm³/mol. The van der Waals surface area contributed by atoms with E-state index in [-0.39, 0.29) is 6.03 Å². The van der Waals surface area contributed by atoms with Gasteiger partial charge >= 0.3 is 6.03 Å². The molecule has 128 valence electrons. The maximum absolute atomic E-state index is 11.8. The number of aromatic nitrogens is 1. The zero-order valence-electron chi connectivity index (χ0n) is 14.0. The van der Waals surface area contributed by atoms with Crippen LogP contribution < -0.4 is 15.5 Å². The molecule has 1 saturated heterocycles. The number of urea groups is 1. The van der Waals surface area contributed by atoms with Crippen molar-refractivity contribution >= 4 is 11.8 Å². The third-order valence-electron chi connectivity index (χ3n) is 3.76. The molecule has 0 aromatic carbocycles. The fourth-order valence-corrected chi connectivity index (χ4v) is 2.39. The van der Waals surface area contributed by atoms with Crippen molar-refractivity contribution in [1.29, 1.82) is 0 Å². The molecule has 0 spiro atoms. The van der Waals surface area contributed by atoms with Gasteiger partial charge in [-0.1, -0.05) is 0 Å². The van der Waals surface area contributed by atoms with Gasteiger partial charge in [0.2, 0.25) is 0 Å². The Morgan fingerprint density at radius 2 is 2.13 bits per heavy atom. The van der Waals surface area contributed by atoms with Crippen LogP contribution in [0.15, 0.2) is 18.3 Å². The average molecular weight is 321 g/mol. The molecule has 2 heterocycles. The molecule has 2 rings (SSSR count). The number of hydrogen-bond donors (Lipinski definition) is 2. The first-order valence-corrected chi connectivity index (χ1v) is 8.09. The highest BCUT2D eigenvalue weighted by Crippen LogP contribution is 2.09. The SMILES string of the molecule is CN(C)c1cc(CNC(=O)NCCCN2CCOCC2)ccn1. The lowest BCUT2D eigenvalue weighted by atomic mass is 10.2. The molecule has 1 aliphatic heterocycles. The summed E-state index contributed by atoms with van der Waals surface area (Å²) in [7, 11) is 3.89. The third-order valence-corrected chi connectivity index (χ3v) is 3.76. The van der Waals surface area contributed by atoms with Crippen molar-refractivity contribution < 1.29 is 9.53 Å². The molecule has 0 bridgehead atoms. The molecule has 0 unspecified atom stereocenters. The summed E-state index contributed by atoms with van der Waals surface area (Å²) < 4.78 is 5.31. The van der Waals surface area contributed by atoms with E-state index < -0.39 is 0 Å². The molecule has 7 nitrogen and oxygen atoms in total. The van der Waals surface area contributed by atoms with Crippen LogP contribution in [0.3, 0.4) is 0 Å². The standard InChI is InChI=1S/C16H27N5O2/c1-20(2)15-12-14(4-6-17-15)13-19-16(22)18-5-3-7-21-8-10-23-11-9-21/h4,6,12H,3,5,7-11,13H2,1-2H3,(H2,18,19,22). The summed E-state index contributed by atoms with van der Waals surface area (Å²) in [5, 5.41) is 5.77. The lowest BCUT2D eigenvalue weighted by Crippen LogP contribution is -2.39. The largest absolute Gasteiger partial charge is 0.379 e. The van der Waals surface area contributed by atoms with Crippen molar-refractivity contribution in [2.24, 2.45) is 0 Å². The minimum atomic E-state index is -0.129. The van der Waals surface area contributed by atoms with Crippen LogP contribution in [0, 0.1) is 0 Å². The molecule has 23 heavy (non-hydrogen) atoms. The molecule has 1 fully saturated rings. The van der Waals surface area contributed by atoms with E-state index in [1.807, 2.05) is 31.1 Å². The Balaban J connectivity index is 1.60. The van der Waals surface area contributed by atoms with Crippen LogP contribution in [-0.2, 0) is 11.3 Å². The number of carbonyl (C=O) groups is 1. The molecule has 2 amide bonds. The van der Waals surface area contributed by atoms with Gasteiger partial charge in [0.25, 0.3) is 0 Å². The number of pyridine rings is 1. The highest BCUT2D eigenvalue weighted by Gasteiger charge is 2.09. The predicted octanol–water partition coefficient (Wildman–Crippen LogP) is 0.669. The maximum atomic E-state index is 11.8. The number of morpholine rings is 1. The summed E-state index contributed by atoms with van der Waals surface area (Å²) in [4.78, 5) is 20.4. The van der Waals surface area contributed by atoms with E-state index in [0.717, 1.165) is 50.7 Å². The first-order valence-electron chi connectivity index (χ1n) is 8.09. The Hall–Kier alpha value is -1.86. The summed E-state index contributed by atoms with van der Waals surface area (Å²) >= 11 is 0. The van der Waals surface area contributed by atoms with E-state index in [2.05, 4.69) is 20.5 Å². The topological polar surface area (TPSA) is 69.7 Å². The summed E-state index contributed by atoms with van der Waals surface area (Å²) in [6, 6.07) is 3.75. The van der Waals surface area contributed by atoms with Gasteiger partial charge in [-0.2, -0.15) is 0 Å². The molecular formula is C16H27N5O2. The van der Waals surface area contributed by atoms with Gasteiger partial charge in [-0.05, 0) is 30.7 Å². The molecule has 2 N–H and O–H groups in total. The first kappa shape index (κ1) is 17.5. The van der Waals surface area contributed by atoms with Crippen LogP contribution in [0.1, 0.15) is 12.0 Å². The van der Waals surface area contributed by atoms with Gasteiger partial charge in [0.05, 0.1) is 13.2 Å².